The van der Waals surface area contributed by atoms with Crippen molar-refractivity contribution in [3.05, 3.63) is 0 Å². The average molecular weight is 542 g/mol. The van der Waals surface area contributed by atoms with Crippen molar-refractivity contribution >= 4 is 35.6 Å². The summed E-state index contributed by atoms with van der Waals surface area (Å²) in [6, 6.07) is -4.78. The first-order valence-electron chi connectivity index (χ1n) is 12.8. The summed E-state index contributed by atoms with van der Waals surface area (Å²) in [5.74, 6) is -3.45. The van der Waals surface area contributed by atoms with Gasteiger partial charge in [0.1, 0.15) is 24.2 Å². The van der Waals surface area contributed by atoms with Crippen LogP contribution in [0.4, 0.5) is 0 Å². The van der Waals surface area contributed by atoms with E-state index in [-0.39, 0.29) is 31.9 Å². The second-order valence-corrected chi connectivity index (χ2v) is 9.40. The molecule has 1 rings (SSSR count). The minimum Gasteiger partial charge on any atom is -0.480 e. The third-order valence-electron chi connectivity index (χ3n) is 6.13. The standard InChI is InChI=1S/C23H43N9O6/c1-13(25)18(33)30-15(8-5-11-28-23(26)27)21(36)32-12-6-9-17(32)20(35)29-14(2)19(34)31-16(22(37)38)7-3-4-10-24/h13-17H,3-12,24-25H2,1-2H3,(H,29,35)(H,30,33)(H,31,34)(H,37,38)(H4,26,27,28)/t13-,14-,15+,16-,17+/m0/s1. The highest BCUT2D eigenvalue weighted by Crippen LogP contribution is 2.20. The number of unbranched alkanes of at least 4 members (excludes halogenated alkanes) is 1. The van der Waals surface area contributed by atoms with E-state index in [1.165, 1.54) is 18.7 Å². The molecule has 0 aliphatic carbocycles. The number of nitrogens with two attached hydrogens (primary N) is 4. The van der Waals surface area contributed by atoms with Gasteiger partial charge in [-0.2, -0.15) is 0 Å². The van der Waals surface area contributed by atoms with Crippen molar-refractivity contribution in [2.24, 2.45) is 27.9 Å². The molecule has 216 valence electrons. The van der Waals surface area contributed by atoms with Crippen molar-refractivity contribution in [3.8, 4) is 0 Å². The monoisotopic (exact) mass is 541 g/mol. The van der Waals surface area contributed by atoms with Crippen molar-refractivity contribution in [2.45, 2.75) is 89.0 Å². The minimum atomic E-state index is -1.18. The van der Waals surface area contributed by atoms with Gasteiger partial charge in [-0.3, -0.25) is 24.2 Å². The Bertz CT molecular complexity index is 862. The van der Waals surface area contributed by atoms with E-state index < -0.39 is 59.8 Å². The number of hydrogen-bond donors (Lipinski definition) is 8. The number of nitrogens with one attached hydrogen (secondary N) is 3. The Kier molecular flexibility index (Phi) is 14.1. The Morgan fingerprint density at radius 2 is 1.61 bits per heavy atom. The Balaban J connectivity index is 2.85. The van der Waals surface area contributed by atoms with Gasteiger partial charge >= 0.3 is 5.97 Å². The van der Waals surface area contributed by atoms with Gasteiger partial charge in [0, 0.05) is 13.1 Å². The summed E-state index contributed by atoms with van der Waals surface area (Å²) in [7, 11) is 0. The van der Waals surface area contributed by atoms with Crippen LogP contribution in [-0.4, -0.2) is 95.4 Å². The first-order chi connectivity index (χ1) is 17.9. The molecule has 5 atom stereocenters. The fourth-order valence-electron chi connectivity index (χ4n) is 3.99. The highest BCUT2D eigenvalue weighted by atomic mass is 16.4. The number of carbonyl (C=O) groups excluding carboxylic acids is 4. The van der Waals surface area contributed by atoms with Crippen molar-refractivity contribution in [1.29, 1.82) is 0 Å². The van der Waals surface area contributed by atoms with Crippen molar-refractivity contribution in [1.82, 2.24) is 20.9 Å². The normalized spacial score (nSPS) is 18.0. The SMILES string of the molecule is C[C@H](N)C(=O)N[C@H](CCCN=C(N)N)C(=O)N1CCC[C@@H]1C(=O)N[C@@H](C)C(=O)N[C@@H](CCCCN)C(=O)O. The number of guanidine groups is 1. The molecule has 4 amide bonds. The Morgan fingerprint density at radius 3 is 2.18 bits per heavy atom. The smallest absolute Gasteiger partial charge is 0.326 e. The third-order valence-corrected chi connectivity index (χ3v) is 6.13. The molecule has 15 nitrogen and oxygen atoms in total. The Hall–Kier alpha value is -3.46. The van der Waals surface area contributed by atoms with Gasteiger partial charge in [-0.15, -0.1) is 0 Å². The molecule has 38 heavy (non-hydrogen) atoms. The number of rotatable bonds is 16. The molecule has 0 aromatic rings. The zero-order valence-electron chi connectivity index (χ0n) is 22.2. The molecule has 0 bridgehead atoms. The number of amides is 4. The Labute approximate surface area is 222 Å². The van der Waals surface area contributed by atoms with Crippen LogP contribution in [0.25, 0.3) is 0 Å². The molecule has 12 N–H and O–H groups in total. The van der Waals surface area contributed by atoms with Crippen LogP contribution in [-0.2, 0) is 24.0 Å². The number of aliphatic imine (C=N–C) groups is 1. The molecule has 0 radical (unpaired) electrons. The van der Waals surface area contributed by atoms with Crippen molar-refractivity contribution < 1.29 is 29.1 Å². The summed E-state index contributed by atoms with van der Waals surface area (Å²) in [5.41, 5.74) is 21.7. The first kappa shape index (κ1) is 32.6. The maximum Gasteiger partial charge on any atom is 0.326 e. The van der Waals surface area contributed by atoms with Crippen LogP contribution in [0.3, 0.4) is 0 Å². The summed E-state index contributed by atoms with van der Waals surface area (Å²) in [5, 5.41) is 17.0. The van der Waals surface area contributed by atoms with E-state index in [9.17, 15) is 29.1 Å². The number of aliphatic carboxylic acids is 1. The highest BCUT2D eigenvalue weighted by molar-refractivity contribution is 5.95. The fraction of sp³-hybridized carbons (Fsp3) is 0.739. The van der Waals surface area contributed by atoms with Crippen LogP contribution in [0.15, 0.2) is 4.99 Å². The van der Waals surface area contributed by atoms with Crippen LogP contribution in [0.5, 0.6) is 0 Å². The first-order valence-corrected chi connectivity index (χ1v) is 12.8. The lowest BCUT2D eigenvalue weighted by Gasteiger charge is -2.30. The number of carboxylic acid groups (broad SMARTS) is 1. The zero-order chi connectivity index (χ0) is 28.8. The largest absolute Gasteiger partial charge is 0.480 e. The third kappa shape index (κ3) is 10.9. The van der Waals surface area contributed by atoms with Gasteiger partial charge in [-0.25, -0.2) is 4.79 Å². The van der Waals surface area contributed by atoms with Crippen LogP contribution < -0.4 is 38.9 Å². The van der Waals surface area contributed by atoms with E-state index >= 15 is 0 Å². The molecule has 15 heteroatoms. The van der Waals surface area contributed by atoms with Gasteiger partial charge in [-0.1, -0.05) is 0 Å². The van der Waals surface area contributed by atoms with E-state index in [0.29, 0.717) is 38.6 Å². The molecular weight excluding hydrogens is 498 g/mol. The summed E-state index contributed by atoms with van der Waals surface area (Å²) in [4.78, 5) is 67.9. The van der Waals surface area contributed by atoms with Gasteiger partial charge < -0.3 is 48.9 Å². The van der Waals surface area contributed by atoms with Crippen molar-refractivity contribution in [2.75, 3.05) is 19.6 Å². The quantitative estimate of drug-likeness (QED) is 0.0560. The maximum atomic E-state index is 13.4. The molecule has 1 heterocycles. The maximum absolute atomic E-state index is 13.4. The molecule has 0 aromatic carbocycles. The van der Waals surface area contributed by atoms with Crippen LogP contribution in [0.1, 0.15) is 58.8 Å². The topological polar surface area (TPSA) is 261 Å². The van der Waals surface area contributed by atoms with Gasteiger partial charge in [-0.05, 0) is 65.3 Å². The van der Waals surface area contributed by atoms with Crippen LogP contribution in [0, 0.1) is 0 Å². The van der Waals surface area contributed by atoms with E-state index in [1.807, 2.05) is 0 Å². The predicted octanol–water partition coefficient (Wildman–Crippen LogP) is -2.93. The molecule has 1 saturated heterocycles. The second-order valence-electron chi connectivity index (χ2n) is 9.40. The number of nitrogens with zero attached hydrogens (tertiary/aromatic N) is 2. The predicted molar refractivity (Wildman–Crippen MR) is 140 cm³/mol. The van der Waals surface area contributed by atoms with E-state index in [2.05, 4.69) is 20.9 Å². The fourth-order valence-corrected chi connectivity index (χ4v) is 3.99. The van der Waals surface area contributed by atoms with Gasteiger partial charge in [0.2, 0.25) is 23.6 Å². The second kappa shape index (κ2) is 16.4. The van der Waals surface area contributed by atoms with Gasteiger partial charge in [0.15, 0.2) is 5.96 Å². The van der Waals surface area contributed by atoms with Crippen molar-refractivity contribution in [3.63, 3.8) is 0 Å². The van der Waals surface area contributed by atoms with E-state index in [1.54, 1.807) is 0 Å². The summed E-state index contributed by atoms with van der Waals surface area (Å²) in [6.45, 7) is 3.87. The Morgan fingerprint density at radius 1 is 0.974 bits per heavy atom. The van der Waals surface area contributed by atoms with Gasteiger partial charge in [0.25, 0.3) is 0 Å². The van der Waals surface area contributed by atoms with Crippen LogP contribution in [0.2, 0.25) is 0 Å². The highest BCUT2D eigenvalue weighted by Gasteiger charge is 2.38. The molecular formula is C23H43N9O6. The molecule has 1 aliphatic rings. The molecule has 0 unspecified atom stereocenters. The zero-order valence-corrected chi connectivity index (χ0v) is 22.2. The lowest BCUT2D eigenvalue weighted by molar-refractivity contribution is -0.143. The number of hydrogen-bond acceptors (Lipinski definition) is 8. The number of carbonyl (C=O) groups is 5. The molecule has 0 saturated carbocycles. The summed E-state index contributed by atoms with van der Waals surface area (Å²) < 4.78 is 0. The molecule has 1 fully saturated rings. The summed E-state index contributed by atoms with van der Waals surface area (Å²) >= 11 is 0. The number of likely N-dealkylation sites (tertiary alicyclic amines) is 1. The molecule has 1 aliphatic heterocycles. The molecule has 0 aromatic heterocycles. The average Bonchev–Trinajstić information content (AvgIpc) is 3.34. The van der Waals surface area contributed by atoms with Crippen LogP contribution >= 0.6 is 0 Å². The molecule has 0 spiro atoms. The van der Waals surface area contributed by atoms with Gasteiger partial charge in [0.05, 0.1) is 6.04 Å². The minimum absolute atomic E-state index is 0.0906. The van der Waals surface area contributed by atoms with E-state index in [4.69, 9.17) is 22.9 Å². The summed E-state index contributed by atoms with van der Waals surface area (Å²) in [6.07, 6.45) is 2.89. The number of carboxylic acids is 1. The lowest BCUT2D eigenvalue weighted by Crippen LogP contribution is -2.57. The van der Waals surface area contributed by atoms with E-state index in [0.717, 1.165) is 0 Å². The lowest BCUT2D eigenvalue weighted by atomic mass is 10.1.